The van der Waals surface area contributed by atoms with E-state index in [4.69, 9.17) is 16.2 Å². The molecule has 16 heavy (non-hydrogen) atoms. The third-order valence-electron chi connectivity index (χ3n) is 2.10. The second-order valence-corrected chi connectivity index (χ2v) is 3.55. The first kappa shape index (κ1) is 12.5. The van der Waals surface area contributed by atoms with Gasteiger partial charge in [-0.2, -0.15) is 0 Å². The Labute approximate surface area is 96.3 Å². The molecule has 0 amide bonds. The number of rotatable bonds is 7. The van der Waals surface area contributed by atoms with Crippen LogP contribution >= 0.6 is 0 Å². The summed E-state index contributed by atoms with van der Waals surface area (Å²) in [5.74, 6) is 0.158. The van der Waals surface area contributed by atoms with Crippen LogP contribution in [0.4, 0.5) is 0 Å². The number of hydrogen-bond acceptors (Lipinski definition) is 2. The summed E-state index contributed by atoms with van der Waals surface area (Å²) in [5.41, 5.74) is 11.6. The second-order valence-electron chi connectivity index (χ2n) is 3.55. The number of unbranched alkanes of at least 4 members (excludes halogenated alkanes) is 1. The maximum Gasteiger partial charge on any atom is 0.185 e. The van der Waals surface area contributed by atoms with Crippen LogP contribution in [0, 0.1) is 0 Å². The molecular weight excluding hydrogens is 202 g/mol. The van der Waals surface area contributed by atoms with Gasteiger partial charge in [-0.05, 0) is 18.4 Å². The van der Waals surface area contributed by atoms with Gasteiger partial charge in [0.25, 0.3) is 0 Å². The van der Waals surface area contributed by atoms with E-state index < -0.39 is 0 Å². The smallest absolute Gasteiger partial charge is 0.185 e. The van der Waals surface area contributed by atoms with Crippen molar-refractivity contribution >= 4 is 5.96 Å². The zero-order valence-corrected chi connectivity index (χ0v) is 9.43. The van der Waals surface area contributed by atoms with Gasteiger partial charge in [0.05, 0.1) is 6.61 Å². The Bertz CT molecular complexity index is 307. The first-order valence-corrected chi connectivity index (χ1v) is 5.46. The normalized spacial score (nSPS) is 10.0. The maximum atomic E-state index is 5.52. The van der Waals surface area contributed by atoms with Crippen molar-refractivity contribution in [2.45, 2.75) is 19.4 Å². The molecule has 0 aromatic heterocycles. The summed E-state index contributed by atoms with van der Waals surface area (Å²) in [7, 11) is 0. The molecule has 0 aliphatic rings. The van der Waals surface area contributed by atoms with Gasteiger partial charge < -0.3 is 16.2 Å². The molecule has 4 nitrogen and oxygen atoms in total. The molecule has 1 aromatic carbocycles. The van der Waals surface area contributed by atoms with E-state index in [-0.39, 0.29) is 5.96 Å². The average molecular weight is 221 g/mol. The van der Waals surface area contributed by atoms with Gasteiger partial charge in [0, 0.05) is 13.2 Å². The van der Waals surface area contributed by atoms with Gasteiger partial charge in [-0.3, -0.25) is 4.99 Å². The Hall–Kier alpha value is -1.55. The Balaban J connectivity index is 1.98. The molecule has 4 N–H and O–H groups in total. The van der Waals surface area contributed by atoms with Crippen molar-refractivity contribution in [2.75, 3.05) is 13.2 Å². The molecule has 0 heterocycles. The molecule has 0 spiro atoms. The molecule has 4 heteroatoms. The van der Waals surface area contributed by atoms with Crippen molar-refractivity contribution in [1.82, 2.24) is 0 Å². The summed E-state index contributed by atoms with van der Waals surface area (Å²) < 4.78 is 5.52. The van der Waals surface area contributed by atoms with E-state index in [0.29, 0.717) is 13.2 Å². The van der Waals surface area contributed by atoms with Crippen LogP contribution in [0.1, 0.15) is 18.4 Å². The van der Waals surface area contributed by atoms with E-state index in [0.717, 1.165) is 19.4 Å². The lowest BCUT2D eigenvalue weighted by molar-refractivity contribution is 0.117. The monoisotopic (exact) mass is 221 g/mol. The van der Waals surface area contributed by atoms with Crippen LogP contribution < -0.4 is 11.5 Å². The number of hydrogen-bond donors (Lipinski definition) is 2. The van der Waals surface area contributed by atoms with Crippen LogP contribution in [-0.2, 0) is 11.3 Å². The summed E-state index contributed by atoms with van der Waals surface area (Å²) >= 11 is 0. The molecule has 0 bridgehead atoms. The molecule has 88 valence electrons. The van der Waals surface area contributed by atoms with Crippen LogP contribution in [-0.4, -0.2) is 19.1 Å². The largest absolute Gasteiger partial charge is 0.377 e. The molecule has 1 rings (SSSR count). The van der Waals surface area contributed by atoms with Crippen molar-refractivity contribution in [3.63, 3.8) is 0 Å². The molecule has 0 aliphatic carbocycles. The van der Waals surface area contributed by atoms with Crippen LogP contribution in [0.5, 0.6) is 0 Å². The van der Waals surface area contributed by atoms with Crippen molar-refractivity contribution in [1.29, 1.82) is 0 Å². The minimum absolute atomic E-state index is 0.158. The van der Waals surface area contributed by atoms with Crippen LogP contribution in [0.2, 0.25) is 0 Å². The van der Waals surface area contributed by atoms with E-state index in [1.807, 2.05) is 18.2 Å². The second kappa shape index (κ2) is 7.70. The lowest BCUT2D eigenvalue weighted by Crippen LogP contribution is -2.22. The predicted molar refractivity (Wildman–Crippen MR) is 66.0 cm³/mol. The zero-order valence-electron chi connectivity index (χ0n) is 9.43. The Morgan fingerprint density at radius 2 is 1.88 bits per heavy atom. The van der Waals surface area contributed by atoms with E-state index in [1.165, 1.54) is 5.56 Å². The maximum absolute atomic E-state index is 5.52. The summed E-state index contributed by atoms with van der Waals surface area (Å²) in [6.07, 6.45) is 1.93. The standard InChI is InChI=1S/C12H19N3O/c13-12(14)15-8-4-5-9-16-10-11-6-2-1-3-7-11/h1-3,6-7H,4-5,8-10H2,(H4,13,14,15). The highest BCUT2D eigenvalue weighted by molar-refractivity contribution is 5.75. The molecule has 0 saturated carbocycles. The van der Waals surface area contributed by atoms with E-state index in [1.54, 1.807) is 0 Å². The highest BCUT2D eigenvalue weighted by Crippen LogP contribution is 2.01. The van der Waals surface area contributed by atoms with Crippen molar-refractivity contribution in [2.24, 2.45) is 16.5 Å². The van der Waals surface area contributed by atoms with E-state index >= 15 is 0 Å². The lowest BCUT2D eigenvalue weighted by Gasteiger charge is -2.03. The highest BCUT2D eigenvalue weighted by atomic mass is 16.5. The molecule has 0 atom stereocenters. The number of nitrogens with zero attached hydrogens (tertiary/aromatic N) is 1. The van der Waals surface area contributed by atoms with Crippen molar-refractivity contribution in [3.8, 4) is 0 Å². The summed E-state index contributed by atoms with van der Waals surface area (Å²) in [6.45, 7) is 2.09. The van der Waals surface area contributed by atoms with Crippen LogP contribution in [0.3, 0.4) is 0 Å². The number of guanidine groups is 1. The predicted octanol–water partition coefficient (Wildman–Crippen LogP) is 1.26. The van der Waals surface area contributed by atoms with Gasteiger partial charge >= 0.3 is 0 Å². The number of ether oxygens (including phenoxy) is 1. The topological polar surface area (TPSA) is 73.6 Å². The molecule has 0 fully saturated rings. The number of aliphatic imine (C=N–C) groups is 1. The zero-order chi connectivity index (χ0) is 11.6. The van der Waals surface area contributed by atoms with Crippen molar-refractivity contribution in [3.05, 3.63) is 35.9 Å². The van der Waals surface area contributed by atoms with E-state index in [2.05, 4.69) is 17.1 Å². The van der Waals surface area contributed by atoms with Crippen LogP contribution in [0.25, 0.3) is 0 Å². The summed E-state index contributed by atoms with van der Waals surface area (Å²) in [5, 5.41) is 0. The van der Waals surface area contributed by atoms with Gasteiger partial charge in [0.2, 0.25) is 0 Å². The molecule has 0 radical (unpaired) electrons. The SMILES string of the molecule is NC(N)=NCCCCOCc1ccccc1. The van der Waals surface area contributed by atoms with Crippen LogP contribution in [0.15, 0.2) is 35.3 Å². The summed E-state index contributed by atoms with van der Waals surface area (Å²) in [4.78, 5) is 3.90. The Kier molecular flexibility index (Phi) is 6.03. The molecule has 0 unspecified atom stereocenters. The molecular formula is C12H19N3O. The molecule has 1 aromatic rings. The van der Waals surface area contributed by atoms with Gasteiger partial charge in [0.1, 0.15) is 0 Å². The fraction of sp³-hybridized carbons (Fsp3) is 0.417. The lowest BCUT2D eigenvalue weighted by atomic mass is 10.2. The van der Waals surface area contributed by atoms with E-state index in [9.17, 15) is 0 Å². The minimum Gasteiger partial charge on any atom is -0.377 e. The summed E-state index contributed by atoms with van der Waals surface area (Å²) in [6, 6.07) is 10.1. The Morgan fingerprint density at radius 3 is 2.56 bits per heavy atom. The van der Waals surface area contributed by atoms with Crippen molar-refractivity contribution < 1.29 is 4.74 Å². The van der Waals surface area contributed by atoms with Gasteiger partial charge in [0.15, 0.2) is 5.96 Å². The fourth-order valence-electron chi connectivity index (χ4n) is 1.29. The number of benzene rings is 1. The molecule has 0 saturated heterocycles. The first-order valence-electron chi connectivity index (χ1n) is 5.46. The van der Waals surface area contributed by atoms with Gasteiger partial charge in [-0.15, -0.1) is 0 Å². The van der Waals surface area contributed by atoms with Gasteiger partial charge in [-0.25, -0.2) is 0 Å². The number of nitrogens with two attached hydrogens (primary N) is 2. The quantitative estimate of drug-likeness (QED) is 0.413. The molecule has 0 aliphatic heterocycles. The Morgan fingerprint density at radius 1 is 1.12 bits per heavy atom. The third kappa shape index (κ3) is 6.03. The van der Waals surface area contributed by atoms with Gasteiger partial charge in [-0.1, -0.05) is 30.3 Å². The third-order valence-corrected chi connectivity index (χ3v) is 2.10. The highest BCUT2D eigenvalue weighted by Gasteiger charge is 1.92. The fourth-order valence-corrected chi connectivity index (χ4v) is 1.29. The average Bonchev–Trinajstić information content (AvgIpc) is 2.29. The first-order chi connectivity index (χ1) is 7.79. The minimum atomic E-state index is 0.158.